The summed E-state index contributed by atoms with van der Waals surface area (Å²) in [7, 11) is -1.86. The molecular formula is C24H32N4O6S2. The van der Waals surface area contributed by atoms with Gasteiger partial charge in [-0.25, -0.2) is 25.4 Å². The van der Waals surface area contributed by atoms with E-state index in [1.807, 2.05) is 0 Å². The Bertz CT molecular complexity index is 1320. The van der Waals surface area contributed by atoms with Crippen molar-refractivity contribution in [2.24, 2.45) is 0 Å². The maximum Gasteiger partial charge on any atom is 0.250 e. The largest absolute Gasteiger partial charge is 0.298 e. The molecule has 1 heterocycles. The molecule has 0 N–H and O–H groups in total. The second kappa shape index (κ2) is 9.58. The molecular weight excluding hydrogens is 504 g/mol. The summed E-state index contributed by atoms with van der Waals surface area (Å²) in [5.41, 5.74) is 1.93. The van der Waals surface area contributed by atoms with Gasteiger partial charge in [0, 0.05) is 39.6 Å². The molecule has 2 aromatic carbocycles. The van der Waals surface area contributed by atoms with Gasteiger partial charge in [0.25, 0.3) is 11.8 Å². The second-order valence-electron chi connectivity index (χ2n) is 9.24. The zero-order chi connectivity index (χ0) is 27.3. The molecule has 0 unspecified atom stereocenters. The average molecular weight is 537 g/mol. The third-order valence-corrected chi connectivity index (χ3v) is 10.0. The van der Waals surface area contributed by atoms with E-state index in [2.05, 4.69) is 0 Å². The van der Waals surface area contributed by atoms with Crippen molar-refractivity contribution in [2.75, 3.05) is 38.0 Å². The highest BCUT2D eigenvalue weighted by atomic mass is 32.2. The Morgan fingerprint density at radius 1 is 0.639 bits per heavy atom. The third kappa shape index (κ3) is 4.54. The second-order valence-corrected chi connectivity index (χ2v) is 13.5. The summed E-state index contributed by atoms with van der Waals surface area (Å²) in [5.74, 6) is -0.824. The molecule has 0 aromatic heterocycles. The summed E-state index contributed by atoms with van der Waals surface area (Å²) in [4.78, 5) is 30.0. The summed E-state index contributed by atoms with van der Waals surface area (Å²) >= 11 is 0. The van der Waals surface area contributed by atoms with Crippen LogP contribution in [0.5, 0.6) is 0 Å². The van der Waals surface area contributed by atoms with Crippen molar-refractivity contribution in [3.8, 4) is 0 Å². The number of nitrogens with zero attached hydrogens (tertiary/aromatic N) is 4. The lowest BCUT2D eigenvalue weighted by Crippen LogP contribution is -2.64. The Kier molecular flexibility index (Phi) is 7.39. The molecule has 0 saturated carbocycles. The van der Waals surface area contributed by atoms with E-state index in [4.69, 9.17) is 0 Å². The molecule has 0 radical (unpaired) electrons. The first kappa shape index (κ1) is 27.8. The molecule has 10 nitrogen and oxygen atoms in total. The molecule has 1 aliphatic rings. The van der Waals surface area contributed by atoms with E-state index < -0.39 is 43.9 Å². The van der Waals surface area contributed by atoms with E-state index in [9.17, 15) is 26.4 Å². The van der Waals surface area contributed by atoms with Crippen molar-refractivity contribution in [1.82, 2.24) is 8.61 Å². The Morgan fingerprint density at radius 2 is 0.944 bits per heavy atom. The third-order valence-electron chi connectivity index (χ3n) is 6.40. The summed E-state index contributed by atoms with van der Waals surface area (Å²) < 4.78 is 53.0. The highest BCUT2D eigenvalue weighted by molar-refractivity contribution is 7.89. The zero-order valence-corrected chi connectivity index (χ0v) is 23.3. The fourth-order valence-electron chi connectivity index (χ4n) is 4.10. The molecule has 1 saturated heterocycles. The van der Waals surface area contributed by atoms with E-state index in [1.165, 1.54) is 62.3 Å². The van der Waals surface area contributed by atoms with Gasteiger partial charge in [0.1, 0.15) is 12.1 Å². The van der Waals surface area contributed by atoms with Crippen LogP contribution in [0, 0.1) is 13.8 Å². The number of rotatable bonds is 6. The first-order valence-corrected chi connectivity index (χ1v) is 14.1. The molecule has 2 amide bonds. The van der Waals surface area contributed by atoms with Gasteiger partial charge in [-0.1, -0.05) is 12.1 Å². The molecule has 2 aromatic rings. The van der Waals surface area contributed by atoms with Crippen molar-refractivity contribution < 1.29 is 26.4 Å². The quantitative estimate of drug-likeness (QED) is 0.558. The lowest BCUT2D eigenvalue weighted by Gasteiger charge is -2.43. The smallest absolute Gasteiger partial charge is 0.250 e. The molecule has 36 heavy (non-hydrogen) atoms. The molecule has 0 spiro atoms. The molecule has 3 rings (SSSR count). The van der Waals surface area contributed by atoms with Gasteiger partial charge in [0.05, 0.1) is 9.79 Å². The summed E-state index contributed by atoms with van der Waals surface area (Å²) in [6, 6.07) is 7.03. The first-order valence-electron chi connectivity index (χ1n) is 11.3. The van der Waals surface area contributed by atoms with E-state index in [1.54, 1.807) is 39.8 Å². The van der Waals surface area contributed by atoms with Gasteiger partial charge < -0.3 is 0 Å². The highest BCUT2D eigenvalue weighted by Gasteiger charge is 2.44. The van der Waals surface area contributed by atoms with Crippen LogP contribution in [0.4, 0.5) is 11.4 Å². The van der Waals surface area contributed by atoms with Crippen molar-refractivity contribution in [3.05, 3.63) is 47.5 Å². The summed E-state index contributed by atoms with van der Waals surface area (Å²) in [5, 5.41) is 0. The summed E-state index contributed by atoms with van der Waals surface area (Å²) in [6.07, 6.45) is 0. The predicted molar refractivity (Wildman–Crippen MR) is 138 cm³/mol. The van der Waals surface area contributed by atoms with Crippen LogP contribution < -0.4 is 9.80 Å². The molecule has 1 aliphatic heterocycles. The Labute approximate surface area is 213 Å². The Balaban J connectivity index is 2.11. The number of aryl methyl sites for hydroxylation is 2. The van der Waals surface area contributed by atoms with Gasteiger partial charge in [0.2, 0.25) is 20.0 Å². The van der Waals surface area contributed by atoms with Crippen LogP contribution >= 0.6 is 0 Å². The van der Waals surface area contributed by atoms with Gasteiger partial charge in [-0.15, -0.1) is 0 Å². The minimum atomic E-state index is -3.76. The predicted octanol–water partition coefficient (Wildman–Crippen LogP) is 1.96. The van der Waals surface area contributed by atoms with Crippen molar-refractivity contribution >= 4 is 43.2 Å². The topological polar surface area (TPSA) is 115 Å². The normalized spacial score (nSPS) is 19.5. The minimum absolute atomic E-state index is 0.00747. The maximum atomic E-state index is 13.7. The van der Waals surface area contributed by atoms with E-state index in [0.717, 1.165) is 8.61 Å². The van der Waals surface area contributed by atoms with Crippen LogP contribution in [0.1, 0.15) is 25.0 Å². The van der Waals surface area contributed by atoms with Gasteiger partial charge in [0.15, 0.2) is 0 Å². The molecule has 196 valence electrons. The van der Waals surface area contributed by atoms with Crippen LogP contribution in [0.3, 0.4) is 0 Å². The van der Waals surface area contributed by atoms with Crippen molar-refractivity contribution in [1.29, 1.82) is 0 Å². The van der Waals surface area contributed by atoms with E-state index in [0.29, 0.717) is 22.5 Å². The molecule has 0 aliphatic carbocycles. The van der Waals surface area contributed by atoms with Crippen LogP contribution in [-0.2, 0) is 29.6 Å². The fraction of sp³-hybridized carbons (Fsp3) is 0.417. The average Bonchev–Trinajstić information content (AvgIpc) is 2.79. The standard InChI is InChI=1S/C24H32N4O6S2/c1-15-9-11-19(35(31,32)25(5)6)13-21(15)27-17(3)24(30)28(18(4)23(27)29)22-14-20(12-10-16(22)2)36(33,34)26(7)8/h9-14,17-18H,1-8H3/t17-,18-/m0/s1. The van der Waals surface area contributed by atoms with Crippen LogP contribution in [-0.4, -0.2) is 77.5 Å². The number of sulfonamides is 2. The van der Waals surface area contributed by atoms with Crippen LogP contribution in [0.15, 0.2) is 46.2 Å². The van der Waals surface area contributed by atoms with E-state index >= 15 is 0 Å². The fourth-order valence-corrected chi connectivity index (χ4v) is 5.94. The van der Waals surface area contributed by atoms with Crippen molar-refractivity contribution in [2.45, 2.75) is 49.6 Å². The van der Waals surface area contributed by atoms with Gasteiger partial charge in [-0.2, -0.15) is 0 Å². The molecule has 0 bridgehead atoms. The minimum Gasteiger partial charge on any atom is -0.298 e. The number of benzene rings is 2. The Morgan fingerprint density at radius 3 is 1.22 bits per heavy atom. The van der Waals surface area contributed by atoms with Gasteiger partial charge in [-0.05, 0) is 63.1 Å². The monoisotopic (exact) mass is 536 g/mol. The maximum absolute atomic E-state index is 13.7. The number of piperazine rings is 1. The van der Waals surface area contributed by atoms with Crippen LogP contribution in [0.2, 0.25) is 0 Å². The molecule has 1 fully saturated rings. The number of carbonyl (C=O) groups excluding carboxylic acids is 2. The van der Waals surface area contributed by atoms with Gasteiger partial charge >= 0.3 is 0 Å². The lowest BCUT2D eigenvalue weighted by molar-refractivity contribution is -0.130. The molecule has 2 atom stereocenters. The number of amides is 2. The summed E-state index contributed by atoms with van der Waals surface area (Å²) in [6.45, 7) is 6.62. The highest BCUT2D eigenvalue weighted by Crippen LogP contribution is 2.35. The van der Waals surface area contributed by atoms with Crippen LogP contribution in [0.25, 0.3) is 0 Å². The number of hydrogen-bond acceptors (Lipinski definition) is 6. The molecule has 12 heteroatoms. The van der Waals surface area contributed by atoms with Crippen molar-refractivity contribution in [3.63, 3.8) is 0 Å². The lowest BCUT2D eigenvalue weighted by atomic mass is 10.0. The number of anilines is 2. The Hall–Kier alpha value is -2.80. The number of hydrogen-bond donors (Lipinski definition) is 0. The SMILES string of the molecule is Cc1ccc(S(=O)(=O)N(C)C)cc1N1C(=O)[C@H](C)N(c2cc(S(=O)(=O)N(C)C)ccc2C)C(=O)[C@@H]1C. The van der Waals surface area contributed by atoms with Gasteiger partial charge in [-0.3, -0.25) is 19.4 Å². The first-order chi connectivity index (χ1) is 16.5. The van der Waals surface area contributed by atoms with E-state index in [-0.39, 0.29) is 9.79 Å². The number of carbonyl (C=O) groups is 2. The zero-order valence-electron chi connectivity index (χ0n) is 21.7.